The predicted octanol–water partition coefficient (Wildman–Crippen LogP) is 3.15. The molecule has 0 atom stereocenters. The summed E-state index contributed by atoms with van der Waals surface area (Å²) in [7, 11) is 0. The third-order valence-corrected chi connectivity index (χ3v) is 3.58. The zero-order valence-corrected chi connectivity index (χ0v) is 11.7. The molecule has 0 amide bonds. The van der Waals surface area contributed by atoms with Gasteiger partial charge in [0.15, 0.2) is 11.6 Å². The van der Waals surface area contributed by atoms with E-state index >= 15 is 0 Å². The minimum absolute atomic E-state index is 0.0944. The molecular weight excluding hydrogens is 250 g/mol. The number of ketones is 2. The fourth-order valence-corrected chi connectivity index (χ4v) is 2.40. The lowest BCUT2D eigenvalue weighted by Crippen LogP contribution is -2.23. The van der Waals surface area contributed by atoms with Crippen LogP contribution >= 0.6 is 0 Å². The highest BCUT2D eigenvalue weighted by Gasteiger charge is 2.31. The summed E-state index contributed by atoms with van der Waals surface area (Å²) in [5, 5.41) is 0. The lowest BCUT2D eigenvalue weighted by Gasteiger charge is -2.22. The summed E-state index contributed by atoms with van der Waals surface area (Å²) in [4.78, 5) is 29.3. The quantitative estimate of drug-likeness (QED) is 0.627. The highest BCUT2D eigenvalue weighted by atomic mass is 16.1. The van der Waals surface area contributed by atoms with Crippen LogP contribution in [0.25, 0.3) is 0 Å². The maximum atomic E-state index is 12.6. The summed E-state index contributed by atoms with van der Waals surface area (Å²) in [5.74, 6) is -0.216. The number of carbonyl (C=O) groups excluding carboxylic acids is 2. The van der Waals surface area contributed by atoms with Crippen LogP contribution in [-0.4, -0.2) is 16.6 Å². The molecule has 2 aromatic rings. The van der Waals surface area contributed by atoms with Crippen molar-refractivity contribution in [3.8, 4) is 0 Å². The molecule has 0 unspecified atom stereocenters. The van der Waals surface area contributed by atoms with Gasteiger partial charge >= 0.3 is 0 Å². The van der Waals surface area contributed by atoms with Crippen molar-refractivity contribution >= 4 is 11.6 Å². The number of rotatable bonds is 0. The number of hydrogen-bond donors (Lipinski definition) is 0. The Morgan fingerprint density at radius 1 is 0.850 bits per heavy atom. The molecule has 0 spiro atoms. The number of benzene rings is 1. The Hall–Kier alpha value is -2.29. The molecule has 1 aliphatic carbocycles. The Morgan fingerprint density at radius 3 is 1.95 bits per heavy atom. The van der Waals surface area contributed by atoms with Crippen molar-refractivity contribution in [1.82, 2.24) is 4.98 Å². The normalized spacial score (nSPS) is 13.9. The van der Waals surface area contributed by atoms with Gasteiger partial charge in [-0.15, -0.1) is 0 Å². The average molecular weight is 265 g/mol. The van der Waals surface area contributed by atoms with Crippen LogP contribution < -0.4 is 0 Å². The second-order valence-corrected chi connectivity index (χ2v) is 6.07. The average Bonchev–Trinajstić information content (AvgIpc) is 2.43. The number of pyridine rings is 1. The van der Waals surface area contributed by atoms with Crippen LogP contribution in [0.5, 0.6) is 0 Å². The first-order valence-corrected chi connectivity index (χ1v) is 6.58. The van der Waals surface area contributed by atoms with Crippen LogP contribution in [0.1, 0.15) is 58.3 Å². The standard InChI is InChI=1S/C17H15NO2/c1-17(2,3)14-8-12-13(9-18-14)16(20)11-7-5-4-6-10(11)15(12)19/h4-9H,1-3H3. The third-order valence-electron chi connectivity index (χ3n) is 3.58. The predicted molar refractivity (Wildman–Crippen MR) is 76.2 cm³/mol. The molecule has 0 N–H and O–H groups in total. The SMILES string of the molecule is CC(C)(C)c1cc2c(cn1)C(=O)c1ccccc1C2=O. The van der Waals surface area contributed by atoms with Gasteiger partial charge in [0.05, 0.1) is 5.56 Å². The van der Waals surface area contributed by atoms with Crippen LogP contribution in [0, 0.1) is 0 Å². The second kappa shape index (κ2) is 4.10. The van der Waals surface area contributed by atoms with Gasteiger partial charge in [0.2, 0.25) is 0 Å². The summed E-state index contributed by atoms with van der Waals surface area (Å²) in [6.45, 7) is 6.10. The molecule has 1 aliphatic rings. The molecule has 100 valence electrons. The monoisotopic (exact) mass is 265 g/mol. The van der Waals surface area contributed by atoms with Crippen molar-refractivity contribution in [2.24, 2.45) is 0 Å². The molecule has 0 saturated heterocycles. The van der Waals surface area contributed by atoms with Crippen molar-refractivity contribution in [2.45, 2.75) is 26.2 Å². The van der Waals surface area contributed by atoms with Crippen LogP contribution in [0.3, 0.4) is 0 Å². The minimum Gasteiger partial charge on any atom is -0.289 e. The lowest BCUT2D eigenvalue weighted by molar-refractivity contribution is 0.0978. The maximum absolute atomic E-state index is 12.6. The molecular formula is C17H15NO2. The van der Waals surface area contributed by atoms with Crippen LogP contribution in [0.15, 0.2) is 36.5 Å². The number of hydrogen-bond acceptors (Lipinski definition) is 3. The topological polar surface area (TPSA) is 47.0 Å². The Labute approximate surface area is 117 Å². The first kappa shape index (κ1) is 12.7. The van der Waals surface area contributed by atoms with Gasteiger partial charge in [-0.25, -0.2) is 0 Å². The minimum atomic E-state index is -0.157. The zero-order valence-electron chi connectivity index (χ0n) is 11.7. The van der Waals surface area contributed by atoms with E-state index in [1.165, 1.54) is 6.20 Å². The number of fused-ring (bicyclic) bond motifs is 2. The molecule has 0 aliphatic heterocycles. The van der Waals surface area contributed by atoms with E-state index in [4.69, 9.17) is 0 Å². The van der Waals surface area contributed by atoms with Gasteiger partial charge in [-0.2, -0.15) is 0 Å². The van der Waals surface area contributed by atoms with Gasteiger partial charge in [0, 0.05) is 34.0 Å². The third kappa shape index (κ3) is 1.78. The molecule has 0 fully saturated rings. The fourth-order valence-electron chi connectivity index (χ4n) is 2.40. The van der Waals surface area contributed by atoms with Gasteiger partial charge in [0.25, 0.3) is 0 Å². The van der Waals surface area contributed by atoms with Gasteiger partial charge in [0.1, 0.15) is 0 Å². The van der Waals surface area contributed by atoms with Gasteiger partial charge in [-0.05, 0) is 6.07 Å². The molecule has 1 heterocycles. The Bertz CT molecular complexity index is 739. The molecule has 0 saturated carbocycles. The van der Waals surface area contributed by atoms with Crippen LogP contribution in [0.4, 0.5) is 0 Å². The molecule has 1 aromatic carbocycles. The summed E-state index contributed by atoms with van der Waals surface area (Å²) < 4.78 is 0. The Balaban J connectivity index is 2.24. The summed E-state index contributed by atoms with van der Waals surface area (Å²) in [6.07, 6.45) is 1.53. The van der Waals surface area contributed by atoms with E-state index in [-0.39, 0.29) is 17.0 Å². The van der Waals surface area contributed by atoms with Gasteiger partial charge < -0.3 is 0 Å². The van der Waals surface area contributed by atoms with E-state index in [9.17, 15) is 9.59 Å². The second-order valence-electron chi connectivity index (χ2n) is 6.07. The van der Waals surface area contributed by atoms with E-state index in [1.807, 2.05) is 20.8 Å². The van der Waals surface area contributed by atoms with E-state index in [0.29, 0.717) is 22.3 Å². The zero-order chi connectivity index (χ0) is 14.5. The summed E-state index contributed by atoms with van der Waals surface area (Å²) in [6, 6.07) is 8.70. The van der Waals surface area contributed by atoms with Gasteiger partial charge in [-0.1, -0.05) is 45.0 Å². The number of nitrogens with zero attached hydrogens (tertiary/aromatic N) is 1. The molecule has 0 radical (unpaired) electrons. The van der Waals surface area contributed by atoms with Crippen molar-refractivity contribution in [3.63, 3.8) is 0 Å². The summed E-state index contributed by atoms with van der Waals surface area (Å²) in [5.41, 5.74) is 2.48. The fraction of sp³-hybridized carbons (Fsp3) is 0.235. The molecule has 20 heavy (non-hydrogen) atoms. The molecule has 3 nitrogen and oxygen atoms in total. The Kier molecular flexibility index (Phi) is 2.61. The van der Waals surface area contributed by atoms with Crippen LogP contribution in [0.2, 0.25) is 0 Å². The van der Waals surface area contributed by atoms with Crippen molar-refractivity contribution in [1.29, 1.82) is 0 Å². The smallest absolute Gasteiger partial charge is 0.196 e. The van der Waals surface area contributed by atoms with Crippen molar-refractivity contribution in [2.75, 3.05) is 0 Å². The van der Waals surface area contributed by atoms with Crippen molar-refractivity contribution < 1.29 is 9.59 Å². The largest absolute Gasteiger partial charge is 0.289 e. The van der Waals surface area contributed by atoms with E-state index in [1.54, 1.807) is 30.3 Å². The molecule has 0 bridgehead atoms. The van der Waals surface area contributed by atoms with Gasteiger partial charge in [-0.3, -0.25) is 14.6 Å². The lowest BCUT2D eigenvalue weighted by atomic mass is 9.82. The molecule has 1 aromatic heterocycles. The van der Waals surface area contributed by atoms with E-state index in [0.717, 1.165) is 5.69 Å². The molecule has 3 rings (SSSR count). The van der Waals surface area contributed by atoms with Crippen molar-refractivity contribution in [3.05, 3.63) is 64.5 Å². The number of aromatic nitrogens is 1. The van der Waals surface area contributed by atoms with E-state index in [2.05, 4.69) is 4.98 Å². The first-order valence-electron chi connectivity index (χ1n) is 6.58. The summed E-state index contributed by atoms with van der Waals surface area (Å²) >= 11 is 0. The Morgan fingerprint density at radius 2 is 1.40 bits per heavy atom. The highest BCUT2D eigenvalue weighted by Crippen LogP contribution is 2.29. The van der Waals surface area contributed by atoms with E-state index < -0.39 is 0 Å². The number of carbonyl (C=O) groups is 2. The maximum Gasteiger partial charge on any atom is 0.196 e. The first-order chi connectivity index (χ1) is 9.39. The van der Waals surface area contributed by atoms with Crippen LogP contribution in [-0.2, 0) is 5.41 Å². The highest BCUT2D eigenvalue weighted by molar-refractivity contribution is 6.28. The molecule has 3 heteroatoms.